The number of rotatable bonds is 4. The predicted octanol–water partition coefficient (Wildman–Crippen LogP) is 3.06. The van der Waals surface area contributed by atoms with Crippen LogP contribution in [0, 0.1) is 6.92 Å². The lowest BCUT2D eigenvalue weighted by atomic mass is 10.1. The molecule has 3 aromatic rings. The fourth-order valence-electron chi connectivity index (χ4n) is 3.49. The Bertz CT molecular complexity index is 1160. The maximum absolute atomic E-state index is 12.2. The molecule has 0 atom stereocenters. The number of imide groups is 1. The number of aromatic carboxylic acids is 1. The Labute approximate surface area is 166 Å². The molecule has 2 heterocycles. The molecule has 0 aliphatic carbocycles. The van der Waals surface area contributed by atoms with E-state index in [0.717, 1.165) is 15.8 Å². The molecule has 0 saturated carbocycles. The van der Waals surface area contributed by atoms with Crippen LogP contribution >= 0.6 is 0 Å². The molecular weight excluding hydrogens is 372 g/mol. The second kappa shape index (κ2) is 6.97. The van der Waals surface area contributed by atoms with Gasteiger partial charge in [0.15, 0.2) is 0 Å². The number of hydrogen-bond acceptors (Lipinski definition) is 6. The maximum atomic E-state index is 12.2. The van der Waals surface area contributed by atoms with Crippen LogP contribution in [0.2, 0.25) is 0 Å². The van der Waals surface area contributed by atoms with Gasteiger partial charge in [0.2, 0.25) is 11.8 Å². The van der Waals surface area contributed by atoms with Crippen LogP contribution in [0.4, 0.5) is 17.2 Å². The van der Waals surface area contributed by atoms with Crippen molar-refractivity contribution in [1.82, 2.24) is 9.97 Å². The molecule has 4 rings (SSSR count). The number of hydrogen-bond donors (Lipinski definition) is 1. The Morgan fingerprint density at radius 1 is 1.07 bits per heavy atom. The van der Waals surface area contributed by atoms with E-state index in [1.807, 2.05) is 24.3 Å². The second-order valence-electron chi connectivity index (χ2n) is 6.80. The van der Waals surface area contributed by atoms with Gasteiger partial charge < -0.3 is 10.0 Å². The van der Waals surface area contributed by atoms with Gasteiger partial charge in [0.1, 0.15) is 11.6 Å². The molecule has 0 unspecified atom stereocenters. The zero-order valence-corrected chi connectivity index (χ0v) is 15.9. The lowest BCUT2D eigenvalue weighted by Crippen LogP contribution is -2.30. The minimum atomic E-state index is -1.20. The number of carboxylic acid groups (broad SMARTS) is 1. The Hall–Kier alpha value is -3.81. The Morgan fingerprint density at radius 2 is 1.76 bits per heavy atom. The molecule has 0 bridgehead atoms. The molecule has 2 aromatic carbocycles. The summed E-state index contributed by atoms with van der Waals surface area (Å²) in [6, 6.07) is 12.1. The van der Waals surface area contributed by atoms with Gasteiger partial charge in [-0.2, -0.15) is 0 Å². The highest BCUT2D eigenvalue weighted by Gasteiger charge is 2.33. The fraction of sp³-hybridized carbons (Fsp3) is 0.190. The minimum Gasteiger partial charge on any atom is -0.478 e. The number of carboxylic acids is 1. The molecule has 1 fully saturated rings. The van der Waals surface area contributed by atoms with Crippen LogP contribution < -0.4 is 9.80 Å². The summed E-state index contributed by atoms with van der Waals surface area (Å²) >= 11 is 0. The number of amides is 2. The molecule has 1 aliphatic heterocycles. The van der Waals surface area contributed by atoms with Gasteiger partial charge in [0.05, 0.1) is 16.8 Å². The quantitative estimate of drug-likeness (QED) is 0.683. The van der Waals surface area contributed by atoms with Gasteiger partial charge in [-0.05, 0) is 37.3 Å². The zero-order valence-electron chi connectivity index (χ0n) is 15.9. The number of benzene rings is 2. The lowest BCUT2D eigenvalue weighted by molar-refractivity contribution is -0.121. The average Bonchev–Trinajstić information content (AvgIpc) is 3.04. The van der Waals surface area contributed by atoms with E-state index in [0.29, 0.717) is 17.3 Å². The molecule has 8 heteroatoms. The Morgan fingerprint density at radius 3 is 2.45 bits per heavy atom. The van der Waals surface area contributed by atoms with Crippen molar-refractivity contribution in [1.29, 1.82) is 0 Å². The van der Waals surface area contributed by atoms with Crippen molar-refractivity contribution in [3.8, 4) is 0 Å². The van der Waals surface area contributed by atoms with Gasteiger partial charge in [0, 0.05) is 31.0 Å². The van der Waals surface area contributed by atoms with Crippen molar-refractivity contribution in [3.05, 3.63) is 53.9 Å². The fourth-order valence-corrected chi connectivity index (χ4v) is 3.49. The number of aryl methyl sites for hydroxylation is 1. The number of nitrogens with zero attached hydrogens (tertiary/aromatic N) is 4. The van der Waals surface area contributed by atoms with Crippen molar-refractivity contribution in [3.63, 3.8) is 0 Å². The SMILES string of the molecule is Cc1nc(N(C)c2ccc(C(=O)O)c(N3C(=O)CCC3=O)c2)c2ccccc2n1. The third kappa shape index (κ3) is 3.18. The van der Waals surface area contributed by atoms with Gasteiger partial charge in [-0.25, -0.2) is 19.7 Å². The first-order valence-electron chi connectivity index (χ1n) is 9.07. The van der Waals surface area contributed by atoms with E-state index in [-0.39, 0.29) is 24.1 Å². The molecule has 1 aliphatic rings. The first kappa shape index (κ1) is 18.5. The number of para-hydroxylation sites is 1. The van der Waals surface area contributed by atoms with Gasteiger partial charge in [0.25, 0.3) is 0 Å². The number of carbonyl (C=O) groups is 3. The summed E-state index contributed by atoms with van der Waals surface area (Å²) in [5, 5.41) is 10.4. The normalized spacial score (nSPS) is 13.9. The number of aromatic nitrogens is 2. The van der Waals surface area contributed by atoms with E-state index in [2.05, 4.69) is 9.97 Å². The molecule has 0 spiro atoms. The van der Waals surface area contributed by atoms with Crippen molar-refractivity contribution >= 4 is 45.9 Å². The van der Waals surface area contributed by atoms with E-state index >= 15 is 0 Å². The monoisotopic (exact) mass is 390 g/mol. The summed E-state index contributed by atoms with van der Waals surface area (Å²) in [6.07, 6.45) is 0.154. The predicted molar refractivity (Wildman–Crippen MR) is 107 cm³/mol. The van der Waals surface area contributed by atoms with Crippen molar-refractivity contribution in [2.75, 3.05) is 16.8 Å². The summed E-state index contributed by atoms with van der Waals surface area (Å²) in [7, 11) is 1.79. The summed E-state index contributed by atoms with van der Waals surface area (Å²) in [5.41, 5.74) is 1.36. The van der Waals surface area contributed by atoms with Gasteiger partial charge in [-0.3, -0.25) is 9.59 Å². The highest BCUT2D eigenvalue weighted by atomic mass is 16.4. The molecule has 1 aromatic heterocycles. The summed E-state index contributed by atoms with van der Waals surface area (Å²) in [6.45, 7) is 1.80. The molecule has 8 nitrogen and oxygen atoms in total. The van der Waals surface area contributed by atoms with E-state index in [1.54, 1.807) is 24.9 Å². The van der Waals surface area contributed by atoms with Crippen LogP contribution in [0.1, 0.15) is 29.0 Å². The van der Waals surface area contributed by atoms with Crippen LogP contribution in [0.25, 0.3) is 10.9 Å². The number of anilines is 3. The zero-order chi connectivity index (χ0) is 20.7. The standard InChI is InChI=1S/C21H18N4O4/c1-12-22-16-6-4-3-5-14(16)20(23-12)24(2)13-7-8-15(21(28)29)17(11-13)25-18(26)9-10-19(25)27/h3-8,11H,9-10H2,1-2H3,(H,28,29). The van der Waals surface area contributed by atoms with Crippen LogP contribution in [0.15, 0.2) is 42.5 Å². The number of fused-ring (bicyclic) bond motifs is 1. The first-order chi connectivity index (χ1) is 13.9. The summed E-state index contributed by atoms with van der Waals surface area (Å²) < 4.78 is 0. The highest BCUT2D eigenvalue weighted by molar-refractivity contribution is 6.22. The first-order valence-corrected chi connectivity index (χ1v) is 9.07. The van der Waals surface area contributed by atoms with Crippen LogP contribution in [0.5, 0.6) is 0 Å². The van der Waals surface area contributed by atoms with Crippen LogP contribution in [0.3, 0.4) is 0 Å². The van der Waals surface area contributed by atoms with Crippen LogP contribution in [-0.4, -0.2) is 39.9 Å². The average molecular weight is 390 g/mol. The Kier molecular flexibility index (Phi) is 4.46. The number of carbonyl (C=O) groups excluding carboxylic acids is 2. The largest absolute Gasteiger partial charge is 0.478 e. The second-order valence-corrected chi connectivity index (χ2v) is 6.80. The third-order valence-corrected chi connectivity index (χ3v) is 4.90. The van der Waals surface area contributed by atoms with Gasteiger partial charge in [-0.1, -0.05) is 12.1 Å². The van der Waals surface area contributed by atoms with Crippen molar-refractivity contribution in [2.24, 2.45) is 0 Å². The van der Waals surface area contributed by atoms with Crippen molar-refractivity contribution < 1.29 is 19.5 Å². The topological polar surface area (TPSA) is 104 Å². The minimum absolute atomic E-state index is 0.0735. The molecule has 1 N–H and O–H groups in total. The lowest BCUT2D eigenvalue weighted by Gasteiger charge is -2.23. The molecule has 1 saturated heterocycles. The van der Waals surface area contributed by atoms with E-state index in [9.17, 15) is 19.5 Å². The summed E-state index contributed by atoms with van der Waals surface area (Å²) in [5.74, 6) is -0.773. The Balaban J connectivity index is 1.86. The molecule has 29 heavy (non-hydrogen) atoms. The van der Waals surface area contributed by atoms with Gasteiger partial charge >= 0.3 is 5.97 Å². The van der Waals surface area contributed by atoms with Crippen molar-refractivity contribution in [2.45, 2.75) is 19.8 Å². The third-order valence-electron chi connectivity index (χ3n) is 4.90. The van der Waals surface area contributed by atoms with Crippen LogP contribution in [-0.2, 0) is 9.59 Å². The smallest absolute Gasteiger partial charge is 0.337 e. The van der Waals surface area contributed by atoms with E-state index in [4.69, 9.17) is 0 Å². The van der Waals surface area contributed by atoms with E-state index in [1.165, 1.54) is 12.1 Å². The molecule has 2 amide bonds. The van der Waals surface area contributed by atoms with Gasteiger partial charge in [-0.15, -0.1) is 0 Å². The highest BCUT2D eigenvalue weighted by Crippen LogP contribution is 2.34. The molecule has 0 radical (unpaired) electrons. The van der Waals surface area contributed by atoms with E-state index < -0.39 is 17.8 Å². The summed E-state index contributed by atoms with van der Waals surface area (Å²) in [4.78, 5) is 47.8. The maximum Gasteiger partial charge on any atom is 0.337 e. The molecular formula is C21H18N4O4. The molecule has 146 valence electrons.